The summed E-state index contributed by atoms with van der Waals surface area (Å²) < 4.78 is 27.9. The van der Waals surface area contributed by atoms with E-state index in [0.29, 0.717) is 0 Å². The molecule has 18 heavy (non-hydrogen) atoms. The van der Waals surface area contributed by atoms with Gasteiger partial charge in [-0.15, -0.1) is 15.3 Å². The van der Waals surface area contributed by atoms with Crippen LogP contribution in [-0.4, -0.2) is 44.0 Å². The van der Waals surface area contributed by atoms with Crippen LogP contribution in [0, 0.1) is 0 Å². The van der Waals surface area contributed by atoms with E-state index in [1.165, 1.54) is 7.05 Å². The van der Waals surface area contributed by atoms with Crippen molar-refractivity contribution in [3.63, 3.8) is 0 Å². The third-order valence-corrected chi connectivity index (χ3v) is 4.50. The van der Waals surface area contributed by atoms with E-state index in [2.05, 4.69) is 51.6 Å². The molecule has 2 rings (SSSR count). The molecule has 0 aliphatic carbocycles. The Kier molecular flexibility index (Phi) is 3.41. The van der Waals surface area contributed by atoms with Gasteiger partial charge >= 0.3 is 0 Å². The van der Waals surface area contributed by atoms with Gasteiger partial charge in [-0.1, -0.05) is 10.4 Å². The summed E-state index contributed by atoms with van der Waals surface area (Å²) in [6.07, 6.45) is 0. The van der Waals surface area contributed by atoms with Gasteiger partial charge in [0.2, 0.25) is 5.03 Å². The zero-order chi connectivity index (χ0) is 13.3. The molecule has 1 atom stereocenters. The second-order valence-electron chi connectivity index (χ2n) is 3.42. The van der Waals surface area contributed by atoms with Crippen LogP contribution in [0.3, 0.4) is 0 Å². The number of rotatable bonds is 4. The summed E-state index contributed by atoms with van der Waals surface area (Å²) in [6, 6.07) is -0.629. The first-order valence-corrected chi connectivity index (χ1v) is 7.00. The molecular weight excluding hydrogens is 328 g/mol. The van der Waals surface area contributed by atoms with Gasteiger partial charge in [0.25, 0.3) is 10.0 Å². The standard InChI is InChI=1S/C6H9BrN8O2S/c1-3(5-9-12-13-10-5)11-18(16,17)6-4(7)8-14-15(6)2/h3,11H,1-2H3,(H,9,10,12,13). The van der Waals surface area contributed by atoms with E-state index < -0.39 is 16.1 Å². The van der Waals surface area contributed by atoms with Crippen LogP contribution in [0.25, 0.3) is 0 Å². The van der Waals surface area contributed by atoms with Gasteiger partial charge in [-0.25, -0.2) is 13.1 Å². The van der Waals surface area contributed by atoms with Crippen LogP contribution in [0.5, 0.6) is 0 Å². The maximum atomic E-state index is 12.1. The maximum Gasteiger partial charge on any atom is 0.261 e. The number of hydrogen-bond acceptors (Lipinski definition) is 7. The molecule has 0 aliphatic rings. The lowest BCUT2D eigenvalue weighted by Gasteiger charge is -2.10. The zero-order valence-electron chi connectivity index (χ0n) is 9.36. The third-order valence-electron chi connectivity index (χ3n) is 2.07. The van der Waals surface area contributed by atoms with E-state index in [4.69, 9.17) is 0 Å². The summed E-state index contributed by atoms with van der Waals surface area (Å²) in [4.78, 5) is 0. The molecule has 0 amide bonds. The summed E-state index contributed by atoms with van der Waals surface area (Å²) in [5.41, 5.74) is 0. The Morgan fingerprint density at radius 3 is 2.67 bits per heavy atom. The van der Waals surface area contributed by atoms with Crippen molar-refractivity contribution >= 4 is 26.0 Å². The molecule has 12 heteroatoms. The molecule has 0 spiro atoms. The van der Waals surface area contributed by atoms with Crippen molar-refractivity contribution in [2.24, 2.45) is 7.05 Å². The largest absolute Gasteiger partial charge is 0.261 e. The zero-order valence-corrected chi connectivity index (χ0v) is 11.8. The predicted molar refractivity (Wildman–Crippen MR) is 61.6 cm³/mol. The van der Waals surface area contributed by atoms with Crippen molar-refractivity contribution in [3.8, 4) is 0 Å². The number of nitrogens with one attached hydrogen (secondary N) is 2. The number of hydrogen-bond donors (Lipinski definition) is 2. The Hall–Kier alpha value is -1.40. The first-order valence-electron chi connectivity index (χ1n) is 4.72. The van der Waals surface area contributed by atoms with E-state index in [-0.39, 0.29) is 15.5 Å². The van der Waals surface area contributed by atoms with E-state index in [0.717, 1.165) is 4.68 Å². The number of tetrazole rings is 1. The Bertz CT molecular complexity index is 615. The normalized spacial score (nSPS) is 13.7. The number of nitrogens with zero attached hydrogens (tertiary/aromatic N) is 6. The highest BCUT2D eigenvalue weighted by molar-refractivity contribution is 9.10. The number of H-pyrrole nitrogens is 1. The van der Waals surface area contributed by atoms with Crippen LogP contribution in [0.4, 0.5) is 0 Å². The number of aromatic amines is 1. The van der Waals surface area contributed by atoms with Gasteiger partial charge in [-0.3, -0.25) is 0 Å². The molecule has 0 aromatic carbocycles. The van der Waals surface area contributed by atoms with E-state index >= 15 is 0 Å². The van der Waals surface area contributed by atoms with Crippen LogP contribution in [0.15, 0.2) is 9.63 Å². The molecular formula is C6H9BrN8O2S. The fourth-order valence-corrected chi connectivity index (χ4v) is 3.60. The molecule has 2 N–H and O–H groups in total. The Labute approximate surface area is 110 Å². The van der Waals surface area contributed by atoms with Crippen molar-refractivity contribution in [1.29, 1.82) is 0 Å². The minimum Gasteiger partial charge on any atom is -0.235 e. The van der Waals surface area contributed by atoms with Gasteiger partial charge < -0.3 is 0 Å². The highest BCUT2D eigenvalue weighted by Crippen LogP contribution is 2.19. The van der Waals surface area contributed by atoms with Crippen molar-refractivity contribution in [3.05, 3.63) is 10.4 Å². The molecule has 0 saturated carbocycles. The first kappa shape index (κ1) is 13.0. The van der Waals surface area contributed by atoms with Gasteiger partial charge in [0, 0.05) is 7.05 Å². The second-order valence-corrected chi connectivity index (χ2v) is 5.80. The fraction of sp³-hybridized carbons (Fsp3) is 0.500. The lowest BCUT2D eigenvalue weighted by Crippen LogP contribution is -2.29. The van der Waals surface area contributed by atoms with Gasteiger partial charge in [0.1, 0.15) is 0 Å². The van der Waals surface area contributed by atoms with Crippen molar-refractivity contribution in [1.82, 2.24) is 40.3 Å². The molecule has 0 radical (unpaired) electrons. The highest BCUT2D eigenvalue weighted by atomic mass is 79.9. The summed E-state index contributed by atoms with van der Waals surface area (Å²) >= 11 is 3.03. The van der Waals surface area contributed by atoms with Crippen LogP contribution in [-0.2, 0) is 17.1 Å². The second kappa shape index (κ2) is 4.70. The van der Waals surface area contributed by atoms with Crippen LogP contribution >= 0.6 is 15.9 Å². The summed E-state index contributed by atoms with van der Waals surface area (Å²) in [6.45, 7) is 1.60. The predicted octanol–water partition coefficient (Wildman–Crippen LogP) is -0.870. The molecule has 0 bridgehead atoms. The van der Waals surface area contributed by atoms with Crippen molar-refractivity contribution in [2.45, 2.75) is 18.0 Å². The average molecular weight is 337 g/mol. The lowest BCUT2D eigenvalue weighted by atomic mass is 10.4. The fourth-order valence-electron chi connectivity index (χ4n) is 1.30. The number of sulfonamides is 1. The van der Waals surface area contributed by atoms with E-state index in [1.807, 2.05) is 0 Å². The SMILES string of the molecule is CC(NS(=O)(=O)c1c(Br)nnn1C)c1nn[nH]n1. The quantitative estimate of drug-likeness (QED) is 0.741. The van der Waals surface area contributed by atoms with Gasteiger partial charge in [-0.05, 0) is 22.9 Å². The minimum absolute atomic E-state index is 0.0714. The number of halogens is 1. The minimum atomic E-state index is -3.78. The summed E-state index contributed by atoms with van der Waals surface area (Å²) in [5.74, 6) is 0.241. The van der Waals surface area contributed by atoms with E-state index in [9.17, 15) is 8.42 Å². The van der Waals surface area contributed by atoms with Gasteiger partial charge in [0.15, 0.2) is 10.4 Å². The van der Waals surface area contributed by atoms with Crippen LogP contribution in [0.1, 0.15) is 18.8 Å². The van der Waals surface area contributed by atoms with Crippen molar-refractivity contribution in [2.75, 3.05) is 0 Å². The van der Waals surface area contributed by atoms with Gasteiger partial charge in [-0.2, -0.15) is 9.94 Å². The Morgan fingerprint density at radius 2 is 2.17 bits per heavy atom. The van der Waals surface area contributed by atoms with Crippen LogP contribution in [0.2, 0.25) is 0 Å². The lowest BCUT2D eigenvalue weighted by molar-refractivity contribution is 0.542. The molecule has 2 aromatic heterocycles. The molecule has 2 heterocycles. The average Bonchev–Trinajstić information content (AvgIpc) is 2.87. The Morgan fingerprint density at radius 1 is 1.44 bits per heavy atom. The highest BCUT2D eigenvalue weighted by Gasteiger charge is 2.27. The first-order chi connectivity index (χ1) is 8.42. The molecule has 10 nitrogen and oxygen atoms in total. The molecule has 0 aliphatic heterocycles. The van der Waals surface area contributed by atoms with Crippen molar-refractivity contribution < 1.29 is 8.42 Å². The smallest absolute Gasteiger partial charge is 0.235 e. The molecule has 98 valence electrons. The number of aryl methyl sites for hydroxylation is 1. The summed E-state index contributed by atoms with van der Waals surface area (Å²) in [5, 5.41) is 20.2. The maximum absolute atomic E-state index is 12.1. The number of aromatic nitrogens is 7. The Balaban J connectivity index is 2.28. The third kappa shape index (κ3) is 2.39. The van der Waals surface area contributed by atoms with E-state index in [1.54, 1.807) is 6.92 Å². The molecule has 0 fully saturated rings. The van der Waals surface area contributed by atoms with Gasteiger partial charge in [0.05, 0.1) is 6.04 Å². The summed E-state index contributed by atoms with van der Waals surface area (Å²) in [7, 11) is -2.31. The molecule has 0 saturated heterocycles. The monoisotopic (exact) mass is 336 g/mol. The topological polar surface area (TPSA) is 131 Å². The molecule has 1 unspecified atom stereocenters. The molecule has 2 aromatic rings. The van der Waals surface area contributed by atoms with Crippen LogP contribution < -0.4 is 4.72 Å².